The van der Waals surface area contributed by atoms with Crippen LogP contribution in [-0.2, 0) is 19.1 Å². The molecular weight excluding hydrogens is 340 g/mol. The lowest BCUT2D eigenvalue weighted by molar-refractivity contribution is -0.126. The Morgan fingerprint density at radius 3 is 2.08 bits per heavy atom. The maximum atomic E-state index is 12.2. The van der Waals surface area contributed by atoms with Crippen molar-refractivity contribution in [2.75, 3.05) is 30.8 Å². The van der Waals surface area contributed by atoms with Crippen LogP contribution in [0.4, 0.5) is 16.2 Å². The minimum Gasteiger partial charge on any atom is -0.453 e. The summed E-state index contributed by atoms with van der Waals surface area (Å²) in [6.45, 7) is 5.21. The molecule has 1 aromatic carbocycles. The third-order valence-corrected chi connectivity index (χ3v) is 3.58. The molecule has 0 aromatic heterocycles. The molecular formula is C17H24N4O5. The molecule has 0 fully saturated rings. The molecule has 3 N–H and O–H groups in total. The van der Waals surface area contributed by atoms with E-state index in [0.29, 0.717) is 17.9 Å². The predicted molar refractivity (Wildman–Crippen MR) is 96.6 cm³/mol. The van der Waals surface area contributed by atoms with Crippen molar-refractivity contribution >= 4 is 35.2 Å². The molecule has 9 heteroatoms. The molecule has 1 atom stereocenters. The van der Waals surface area contributed by atoms with Gasteiger partial charge in [0.1, 0.15) is 0 Å². The molecule has 1 aromatic rings. The molecule has 0 aliphatic carbocycles. The Labute approximate surface area is 152 Å². The van der Waals surface area contributed by atoms with E-state index < -0.39 is 18.0 Å². The van der Waals surface area contributed by atoms with Gasteiger partial charge in [-0.25, -0.2) is 4.79 Å². The largest absolute Gasteiger partial charge is 0.453 e. The molecule has 0 radical (unpaired) electrons. The van der Waals surface area contributed by atoms with Gasteiger partial charge in [0.25, 0.3) is 0 Å². The summed E-state index contributed by atoms with van der Waals surface area (Å²) in [7, 11) is 1.16. The normalized spacial score (nSPS) is 11.4. The third-order valence-electron chi connectivity index (χ3n) is 3.58. The Bertz CT molecular complexity index is 660. The fourth-order valence-electron chi connectivity index (χ4n) is 2.17. The summed E-state index contributed by atoms with van der Waals surface area (Å²) in [4.78, 5) is 47.9. The Morgan fingerprint density at radius 1 is 1.08 bits per heavy atom. The van der Waals surface area contributed by atoms with Crippen LogP contribution in [0.15, 0.2) is 24.3 Å². The zero-order valence-corrected chi connectivity index (χ0v) is 15.3. The minimum atomic E-state index is -0.846. The van der Waals surface area contributed by atoms with Gasteiger partial charge >= 0.3 is 6.09 Å². The SMILES string of the molecule is CCN(CC(=O)Nc1ccc(NC(C)=O)cc1)[C@@H](C)C(=O)NC(=O)OC. The molecule has 0 bridgehead atoms. The molecule has 1 rings (SSSR count). The Morgan fingerprint density at radius 2 is 1.62 bits per heavy atom. The average molecular weight is 364 g/mol. The fraction of sp³-hybridized carbons (Fsp3) is 0.412. The highest BCUT2D eigenvalue weighted by molar-refractivity contribution is 5.96. The van der Waals surface area contributed by atoms with Crippen molar-refractivity contribution in [1.29, 1.82) is 0 Å². The van der Waals surface area contributed by atoms with Gasteiger partial charge in [-0.1, -0.05) is 6.92 Å². The van der Waals surface area contributed by atoms with Crippen LogP contribution in [0.3, 0.4) is 0 Å². The number of carbonyl (C=O) groups is 4. The van der Waals surface area contributed by atoms with E-state index in [2.05, 4.69) is 20.7 Å². The highest BCUT2D eigenvalue weighted by Gasteiger charge is 2.23. The first-order valence-electron chi connectivity index (χ1n) is 8.07. The number of nitrogens with one attached hydrogen (secondary N) is 3. The first-order chi connectivity index (χ1) is 12.3. The molecule has 0 aliphatic rings. The minimum absolute atomic E-state index is 0.0281. The summed E-state index contributed by atoms with van der Waals surface area (Å²) in [5.41, 5.74) is 1.19. The molecule has 0 aliphatic heterocycles. The molecule has 0 spiro atoms. The van der Waals surface area contributed by atoms with Gasteiger partial charge in [0.2, 0.25) is 17.7 Å². The third kappa shape index (κ3) is 6.89. The van der Waals surface area contributed by atoms with Crippen LogP contribution in [0, 0.1) is 0 Å². The van der Waals surface area contributed by atoms with Crippen LogP contribution in [0.2, 0.25) is 0 Å². The molecule has 4 amide bonds. The number of anilines is 2. The second-order valence-corrected chi connectivity index (χ2v) is 5.53. The molecule has 0 saturated heterocycles. The lowest BCUT2D eigenvalue weighted by Crippen LogP contribution is -2.49. The number of hydrogen-bond donors (Lipinski definition) is 3. The molecule has 142 valence electrons. The number of methoxy groups -OCH3 is 1. The quantitative estimate of drug-likeness (QED) is 0.669. The number of rotatable bonds is 7. The molecule has 0 unspecified atom stereocenters. The van der Waals surface area contributed by atoms with Crippen molar-refractivity contribution in [1.82, 2.24) is 10.2 Å². The van der Waals surface area contributed by atoms with E-state index in [-0.39, 0.29) is 18.4 Å². The lowest BCUT2D eigenvalue weighted by atomic mass is 10.2. The highest BCUT2D eigenvalue weighted by Crippen LogP contribution is 2.13. The first-order valence-corrected chi connectivity index (χ1v) is 8.07. The number of ether oxygens (including phenoxy) is 1. The van der Waals surface area contributed by atoms with Gasteiger partial charge in [0, 0.05) is 18.3 Å². The monoisotopic (exact) mass is 364 g/mol. The van der Waals surface area contributed by atoms with Gasteiger partial charge in [-0.15, -0.1) is 0 Å². The first kappa shape index (κ1) is 21.1. The van der Waals surface area contributed by atoms with Gasteiger partial charge < -0.3 is 15.4 Å². The summed E-state index contributed by atoms with van der Waals surface area (Å²) < 4.78 is 4.38. The summed E-state index contributed by atoms with van der Waals surface area (Å²) in [6.07, 6.45) is -0.846. The Balaban J connectivity index is 2.62. The van der Waals surface area contributed by atoms with Crippen molar-refractivity contribution in [3.05, 3.63) is 24.3 Å². The number of nitrogens with zero attached hydrogens (tertiary/aromatic N) is 1. The average Bonchev–Trinajstić information content (AvgIpc) is 2.60. The van der Waals surface area contributed by atoms with Crippen molar-refractivity contribution in [3.8, 4) is 0 Å². The van der Waals surface area contributed by atoms with Crippen LogP contribution in [0.5, 0.6) is 0 Å². The van der Waals surface area contributed by atoms with E-state index >= 15 is 0 Å². The lowest BCUT2D eigenvalue weighted by Gasteiger charge is -2.25. The summed E-state index contributed by atoms with van der Waals surface area (Å²) in [5.74, 6) is -1.04. The van der Waals surface area contributed by atoms with Crippen molar-refractivity contribution < 1.29 is 23.9 Å². The highest BCUT2D eigenvalue weighted by atomic mass is 16.5. The maximum Gasteiger partial charge on any atom is 0.413 e. The van der Waals surface area contributed by atoms with Crippen molar-refractivity contribution in [3.63, 3.8) is 0 Å². The van der Waals surface area contributed by atoms with Crippen LogP contribution < -0.4 is 16.0 Å². The number of carbonyl (C=O) groups excluding carboxylic acids is 4. The second kappa shape index (κ2) is 10.1. The summed E-state index contributed by atoms with van der Waals surface area (Å²) in [6, 6.07) is 5.97. The van der Waals surface area contributed by atoms with E-state index in [9.17, 15) is 19.2 Å². The number of amides is 4. The number of imide groups is 1. The van der Waals surface area contributed by atoms with Gasteiger partial charge in [-0.05, 0) is 37.7 Å². The number of likely N-dealkylation sites (N-methyl/N-ethyl adjacent to an activating group) is 1. The fourth-order valence-corrected chi connectivity index (χ4v) is 2.17. The maximum absolute atomic E-state index is 12.2. The van der Waals surface area contributed by atoms with Gasteiger partial charge in [-0.3, -0.25) is 24.6 Å². The zero-order chi connectivity index (χ0) is 19.7. The van der Waals surface area contributed by atoms with Crippen LogP contribution >= 0.6 is 0 Å². The smallest absolute Gasteiger partial charge is 0.413 e. The molecule has 9 nitrogen and oxygen atoms in total. The van der Waals surface area contributed by atoms with E-state index in [1.165, 1.54) is 6.92 Å². The Kier molecular flexibility index (Phi) is 8.23. The molecule has 0 saturated carbocycles. The van der Waals surface area contributed by atoms with Crippen molar-refractivity contribution in [2.24, 2.45) is 0 Å². The van der Waals surface area contributed by atoms with E-state index in [1.807, 2.05) is 0 Å². The number of hydrogen-bond acceptors (Lipinski definition) is 6. The van der Waals surface area contributed by atoms with Gasteiger partial charge in [0.05, 0.1) is 19.7 Å². The van der Waals surface area contributed by atoms with Crippen LogP contribution in [-0.4, -0.2) is 55.0 Å². The Hall–Kier alpha value is -2.94. The van der Waals surface area contributed by atoms with Crippen molar-refractivity contribution in [2.45, 2.75) is 26.8 Å². The second-order valence-electron chi connectivity index (χ2n) is 5.53. The molecule has 26 heavy (non-hydrogen) atoms. The number of alkyl carbamates (subject to hydrolysis) is 1. The zero-order valence-electron chi connectivity index (χ0n) is 15.3. The van der Waals surface area contributed by atoms with Crippen LogP contribution in [0.1, 0.15) is 20.8 Å². The standard InChI is InChI=1S/C17H24N4O5/c1-5-21(11(2)16(24)20-17(25)26-4)10-15(23)19-14-8-6-13(7-9-14)18-12(3)22/h6-9,11H,5,10H2,1-4H3,(H,18,22)(H,19,23)(H,20,24,25)/t11-/m0/s1. The van der Waals surface area contributed by atoms with Crippen LogP contribution in [0.25, 0.3) is 0 Å². The predicted octanol–water partition coefficient (Wildman–Crippen LogP) is 1.18. The molecule has 0 heterocycles. The van der Waals surface area contributed by atoms with E-state index in [0.717, 1.165) is 7.11 Å². The topological polar surface area (TPSA) is 117 Å². The van der Waals surface area contributed by atoms with Gasteiger partial charge in [0.15, 0.2) is 0 Å². The van der Waals surface area contributed by atoms with E-state index in [1.54, 1.807) is 43.0 Å². The summed E-state index contributed by atoms with van der Waals surface area (Å²) >= 11 is 0. The summed E-state index contributed by atoms with van der Waals surface area (Å²) in [5, 5.41) is 7.43. The van der Waals surface area contributed by atoms with E-state index in [4.69, 9.17) is 0 Å². The number of benzene rings is 1. The van der Waals surface area contributed by atoms with Gasteiger partial charge in [-0.2, -0.15) is 0 Å².